The summed E-state index contributed by atoms with van der Waals surface area (Å²) in [6.07, 6.45) is 0. The largest absolute Gasteiger partial charge is 0.619 e. The van der Waals surface area contributed by atoms with Gasteiger partial charge in [0.25, 0.3) is 0 Å². The molecule has 7 heteroatoms. The lowest BCUT2D eigenvalue weighted by Gasteiger charge is -1.91. The van der Waals surface area contributed by atoms with Gasteiger partial charge in [-0.05, 0) is 9.42 Å². The highest BCUT2D eigenvalue weighted by Crippen LogP contribution is 2.35. The maximum atomic E-state index is 10.1. The van der Waals surface area contributed by atoms with Crippen molar-refractivity contribution in [3.8, 4) is 0 Å². The summed E-state index contributed by atoms with van der Waals surface area (Å²) >= 11 is 0. The van der Waals surface area contributed by atoms with Gasteiger partial charge in [0.05, 0.1) is 0 Å². The molecule has 2 unspecified atom stereocenters. The zero-order valence-corrected chi connectivity index (χ0v) is 5.89. The van der Waals surface area contributed by atoms with Gasteiger partial charge in [-0.25, -0.2) is 0 Å². The minimum Gasteiger partial charge on any atom is -0.331 e. The smallest absolute Gasteiger partial charge is 0.331 e. The number of hydrogen-bond acceptors (Lipinski definition) is 2. The molecular weight excluding hydrogens is 152 g/mol. The van der Waals surface area contributed by atoms with Crippen LogP contribution in [0.25, 0.3) is 0 Å². The highest BCUT2D eigenvalue weighted by Gasteiger charge is 2.22. The Morgan fingerprint density at radius 2 is 2.12 bits per heavy atom. The van der Waals surface area contributed by atoms with Crippen molar-refractivity contribution in [2.75, 3.05) is 6.66 Å². The SMILES string of the molecule is CP(=O)(O)N[P+](=O)O. The quantitative estimate of drug-likeness (QED) is 0.494. The van der Waals surface area contributed by atoms with Gasteiger partial charge >= 0.3 is 15.7 Å². The molecule has 0 saturated carbocycles. The Labute approximate surface area is 47.2 Å². The van der Waals surface area contributed by atoms with Crippen LogP contribution in [-0.4, -0.2) is 16.5 Å². The summed E-state index contributed by atoms with van der Waals surface area (Å²) in [5.74, 6) is 0. The zero-order chi connectivity index (χ0) is 6.78. The molecule has 48 valence electrons. The fourth-order valence-corrected chi connectivity index (χ4v) is 1.43. The predicted octanol–water partition coefficient (Wildman–Crippen LogP) is 0.0409. The molecule has 0 radical (unpaired) electrons. The summed E-state index contributed by atoms with van der Waals surface area (Å²) < 4.78 is 19.8. The van der Waals surface area contributed by atoms with Crippen molar-refractivity contribution in [1.29, 1.82) is 0 Å². The molecule has 0 bridgehead atoms. The number of rotatable bonds is 2. The van der Waals surface area contributed by atoms with Crippen molar-refractivity contribution in [2.24, 2.45) is 0 Å². The lowest BCUT2D eigenvalue weighted by molar-refractivity contribution is 0.467. The molecule has 0 fully saturated rings. The summed E-state index contributed by atoms with van der Waals surface area (Å²) in [6.45, 7) is 0.941. The molecule has 0 rings (SSSR count). The summed E-state index contributed by atoms with van der Waals surface area (Å²) in [5.41, 5.74) is 0. The van der Waals surface area contributed by atoms with E-state index in [-0.39, 0.29) is 0 Å². The maximum Gasteiger partial charge on any atom is 0.619 e. The average Bonchev–Trinajstić information content (AvgIpc) is 1.21. The molecule has 0 heterocycles. The van der Waals surface area contributed by atoms with E-state index in [1.807, 2.05) is 0 Å². The van der Waals surface area contributed by atoms with E-state index in [0.717, 1.165) is 6.66 Å². The van der Waals surface area contributed by atoms with Crippen molar-refractivity contribution in [1.82, 2.24) is 4.86 Å². The van der Waals surface area contributed by atoms with Gasteiger partial charge in [-0.3, -0.25) is 4.57 Å². The maximum absolute atomic E-state index is 10.1. The Bertz CT molecular complexity index is 137. The van der Waals surface area contributed by atoms with Crippen molar-refractivity contribution < 1.29 is 18.9 Å². The lowest BCUT2D eigenvalue weighted by atomic mass is 12.0. The van der Waals surface area contributed by atoms with Gasteiger partial charge in [-0.1, -0.05) is 0 Å². The molecule has 0 amide bonds. The van der Waals surface area contributed by atoms with Gasteiger partial charge in [0.15, 0.2) is 0 Å². The van der Waals surface area contributed by atoms with Gasteiger partial charge in [0, 0.05) is 6.66 Å². The Balaban J connectivity index is 3.74. The van der Waals surface area contributed by atoms with E-state index >= 15 is 0 Å². The summed E-state index contributed by atoms with van der Waals surface area (Å²) in [5, 5.41) is 0. The van der Waals surface area contributed by atoms with Crippen LogP contribution in [0.1, 0.15) is 0 Å². The van der Waals surface area contributed by atoms with Crippen LogP contribution < -0.4 is 4.86 Å². The predicted molar refractivity (Wildman–Crippen MR) is 28.7 cm³/mol. The molecule has 0 aliphatic heterocycles. The first-order valence-electron chi connectivity index (χ1n) is 1.66. The third-order valence-corrected chi connectivity index (χ3v) is 2.44. The van der Waals surface area contributed by atoms with E-state index in [1.54, 1.807) is 4.86 Å². The molecule has 0 aromatic carbocycles. The lowest BCUT2D eigenvalue weighted by Crippen LogP contribution is -1.95. The Hall–Kier alpha value is 0.210. The average molecular weight is 158 g/mol. The fraction of sp³-hybridized carbons (Fsp3) is 1.00. The van der Waals surface area contributed by atoms with Crippen molar-refractivity contribution in [3.05, 3.63) is 0 Å². The molecule has 5 nitrogen and oxygen atoms in total. The first-order valence-corrected chi connectivity index (χ1v) is 4.98. The molecule has 2 atom stereocenters. The van der Waals surface area contributed by atoms with Crippen molar-refractivity contribution in [2.45, 2.75) is 0 Å². The van der Waals surface area contributed by atoms with Gasteiger partial charge in [-0.15, -0.1) is 4.89 Å². The third kappa shape index (κ3) is 6.21. The topological polar surface area (TPSA) is 86.6 Å². The summed E-state index contributed by atoms with van der Waals surface area (Å²) in [7, 11) is -6.21. The molecule has 0 saturated heterocycles. The molecule has 0 aliphatic carbocycles. The van der Waals surface area contributed by atoms with Crippen LogP contribution in [0.3, 0.4) is 0 Å². The van der Waals surface area contributed by atoms with E-state index in [1.165, 1.54) is 0 Å². The standard InChI is InChI=1S/CH5NO4P2/c1-8(5,6)2-7(3)4/h1H3,(H2-,2,3,4,5,6)/p+1. The molecule has 8 heavy (non-hydrogen) atoms. The molecule has 0 aromatic heterocycles. The minimum absolute atomic E-state index is 0.941. The van der Waals surface area contributed by atoms with Gasteiger partial charge in [0.1, 0.15) is 0 Å². The van der Waals surface area contributed by atoms with Crippen LogP contribution in [0.5, 0.6) is 0 Å². The van der Waals surface area contributed by atoms with Crippen LogP contribution in [0.15, 0.2) is 0 Å². The highest BCUT2D eigenvalue weighted by molar-refractivity contribution is 7.64. The normalized spacial score (nSPS) is 19.6. The van der Waals surface area contributed by atoms with E-state index < -0.39 is 15.7 Å². The van der Waals surface area contributed by atoms with Gasteiger partial charge in [0.2, 0.25) is 0 Å². The molecule has 0 spiro atoms. The molecule has 0 aromatic rings. The van der Waals surface area contributed by atoms with Crippen LogP contribution in [-0.2, 0) is 9.13 Å². The first kappa shape index (κ1) is 8.21. The van der Waals surface area contributed by atoms with E-state index in [0.29, 0.717) is 0 Å². The Morgan fingerprint density at radius 3 is 2.12 bits per heavy atom. The van der Waals surface area contributed by atoms with E-state index in [4.69, 9.17) is 9.79 Å². The minimum atomic E-state index is -3.51. The number of nitrogens with one attached hydrogen (secondary N) is 1. The van der Waals surface area contributed by atoms with E-state index in [9.17, 15) is 9.13 Å². The number of hydrogen-bond donors (Lipinski definition) is 3. The Morgan fingerprint density at radius 1 is 1.75 bits per heavy atom. The van der Waals surface area contributed by atoms with Crippen molar-refractivity contribution in [3.63, 3.8) is 0 Å². The molecule has 3 N–H and O–H groups in total. The fourth-order valence-electron chi connectivity index (χ4n) is 0.159. The van der Waals surface area contributed by atoms with E-state index in [2.05, 4.69) is 0 Å². The molecular formula is CH6NO4P2+. The van der Waals surface area contributed by atoms with Crippen LogP contribution in [0.2, 0.25) is 0 Å². The van der Waals surface area contributed by atoms with Crippen molar-refractivity contribution >= 4 is 15.7 Å². The Kier molecular flexibility index (Phi) is 2.74. The summed E-state index contributed by atoms with van der Waals surface area (Å²) in [6, 6.07) is 0. The van der Waals surface area contributed by atoms with Crippen LogP contribution in [0.4, 0.5) is 0 Å². The zero-order valence-electron chi connectivity index (χ0n) is 4.11. The second-order valence-electron chi connectivity index (χ2n) is 1.25. The van der Waals surface area contributed by atoms with Crippen LogP contribution in [0, 0.1) is 0 Å². The monoisotopic (exact) mass is 158 g/mol. The molecule has 0 aliphatic rings. The second-order valence-corrected chi connectivity index (χ2v) is 4.36. The second kappa shape index (κ2) is 2.67. The van der Waals surface area contributed by atoms with Gasteiger partial charge in [-0.2, -0.15) is 0 Å². The summed E-state index contributed by atoms with van der Waals surface area (Å²) in [4.78, 5) is 17.8. The van der Waals surface area contributed by atoms with Gasteiger partial charge < -0.3 is 4.89 Å². The third-order valence-electron chi connectivity index (χ3n) is 0.271. The van der Waals surface area contributed by atoms with Crippen LogP contribution >= 0.6 is 15.7 Å². The highest BCUT2D eigenvalue weighted by atomic mass is 31.2. The first-order chi connectivity index (χ1) is 3.42.